The van der Waals surface area contributed by atoms with E-state index in [1.807, 2.05) is 18.2 Å². The number of rotatable bonds is 2. The lowest BCUT2D eigenvalue weighted by Gasteiger charge is -2.42. The summed E-state index contributed by atoms with van der Waals surface area (Å²) in [4.78, 5) is 0. The predicted octanol–water partition coefficient (Wildman–Crippen LogP) is 8.92. The zero-order valence-corrected chi connectivity index (χ0v) is 22.4. The monoisotopic (exact) mass is 516 g/mol. The average molecular weight is 517 g/mol. The van der Waals surface area contributed by atoms with Crippen molar-refractivity contribution in [2.24, 2.45) is 0 Å². The fourth-order valence-corrected chi connectivity index (χ4v) is 7.54. The molecule has 2 nitrogen and oxygen atoms in total. The molecule has 0 heterocycles. The van der Waals surface area contributed by atoms with E-state index in [9.17, 15) is 10.2 Å². The molecule has 0 unspecified atom stereocenters. The Kier molecular flexibility index (Phi) is 4.54. The van der Waals surface area contributed by atoms with Crippen molar-refractivity contribution in [2.45, 2.75) is 24.7 Å². The maximum atomic E-state index is 11.1. The first-order chi connectivity index (χ1) is 19.4. The first-order valence-electron chi connectivity index (χ1n) is 13.8. The third-order valence-corrected chi connectivity index (χ3v) is 9.33. The van der Waals surface area contributed by atoms with Gasteiger partial charge in [0.1, 0.15) is 11.5 Å². The number of phenols is 2. The Morgan fingerprint density at radius 1 is 0.475 bits per heavy atom. The summed E-state index contributed by atoms with van der Waals surface area (Å²) in [5, 5.41) is 23.4. The van der Waals surface area contributed by atoms with Crippen LogP contribution in [-0.4, -0.2) is 10.2 Å². The first kappa shape index (κ1) is 23.1. The van der Waals surface area contributed by atoms with Crippen molar-refractivity contribution in [3.63, 3.8) is 0 Å². The third kappa shape index (κ3) is 2.78. The van der Waals surface area contributed by atoms with Gasteiger partial charge in [0.05, 0.1) is 5.41 Å². The highest BCUT2D eigenvalue weighted by Gasteiger charge is 2.46. The SMILES string of the molecule is CC1(C)c2cc(O)ccc2-c2cc3c(cc21)-c1ccc(O)c2cccc(c12)C3(c1ccccc1)c1ccccc1. The Balaban J connectivity index is 1.62. The Hall–Kier alpha value is -4.82. The molecule has 0 radical (unpaired) electrons. The lowest BCUT2D eigenvalue weighted by atomic mass is 9.59. The minimum Gasteiger partial charge on any atom is -0.508 e. The number of hydrogen-bond donors (Lipinski definition) is 2. The molecular weight excluding hydrogens is 488 g/mol. The van der Waals surface area contributed by atoms with Crippen LogP contribution in [-0.2, 0) is 10.8 Å². The molecule has 40 heavy (non-hydrogen) atoms. The fourth-order valence-electron chi connectivity index (χ4n) is 7.54. The van der Waals surface area contributed by atoms with Gasteiger partial charge in [0, 0.05) is 10.8 Å². The van der Waals surface area contributed by atoms with Crippen LogP contribution in [0.3, 0.4) is 0 Å². The van der Waals surface area contributed by atoms with Crippen LogP contribution in [0, 0.1) is 0 Å². The van der Waals surface area contributed by atoms with Gasteiger partial charge in [-0.3, -0.25) is 0 Å². The van der Waals surface area contributed by atoms with Crippen LogP contribution in [0.4, 0.5) is 0 Å². The summed E-state index contributed by atoms with van der Waals surface area (Å²) in [6.45, 7) is 4.49. The second-order valence-corrected chi connectivity index (χ2v) is 11.6. The van der Waals surface area contributed by atoms with Gasteiger partial charge in [0.25, 0.3) is 0 Å². The van der Waals surface area contributed by atoms with E-state index >= 15 is 0 Å². The molecular formula is C38H28O2. The van der Waals surface area contributed by atoms with Crippen molar-refractivity contribution in [1.29, 1.82) is 0 Å². The molecule has 6 aromatic carbocycles. The summed E-state index contributed by atoms with van der Waals surface area (Å²) in [5.41, 5.74) is 11.0. The summed E-state index contributed by atoms with van der Waals surface area (Å²) in [6.07, 6.45) is 0. The van der Waals surface area contributed by atoms with Gasteiger partial charge in [-0.2, -0.15) is 0 Å². The normalized spacial score (nSPS) is 15.3. The molecule has 0 amide bonds. The minimum absolute atomic E-state index is 0.270. The van der Waals surface area contributed by atoms with Crippen LogP contribution in [0.15, 0.2) is 121 Å². The van der Waals surface area contributed by atoms with Crippen LogP contribution in [0.5, 0.6) is 11.5 Å². The molecule has 2 aliphatic carbocycles. The lowest BCUT2D eigenvalue weighted by Crippen LogP contribution is -2.34. The highest BCUT2D eigenvalue weighted by atomic mass is 16.3. The van der Waals surface area contributed by atoms with Gasteiger partial charge in [-0.05, 0) is 91.4 Å². The molecule has 0 fully saturated rings. The lowest BCUT2D eigenvalue weighted by molar-refractivity contribution is 0.473. The molecule has 0 saturated heterocycles. The molecule has 0 aromatic heterocycles. The highest BCUT2D eigenvalue weighted by molar-refractivity contribution is 6.08. The minimum atomic E-state index is -0.600. The van der Waals surface area contributed by atoms with E-state index in [0.717, 1.165) is 21.9 Å². The van der Waals surface area contributed by atoms with Gasteiger partial charge >= 0.3 is 0 Å². The molecule has 2 N–H and O–H groups in total. The number of hydrogen-bond acceptors (Lipinski definition) is 2. The summed E-state index contributed by atoms with van der Waals surface area (Å²) in [6, 6.07) is 42.3. The second-order valence-electron chi connectivity index (χ2n) is 11.6. The van der Waals surface area contributed by atoms with Gasteiger partial charge in [-0.15, -0.1) is 0 Å². The summed E-state index contributed by atoms with van der Waals surface area (Å²) < 4.78 is 0. The predicted molar refractivity (Wildman–Crippen MR) is 162 cm³/mol. The molecule has 0 aliphatic heterocycles. The maximum Gasteiger partial charge on any atom is 0.123 e. The third-order valence-electron chi connectivity index (χ3n) is 9.33. The Bertz CT molecular complexity index is 1950. The van der Waals surface area contributed by atoms with Crippen LogP contribution < -0.4 is 0 Å². The van der Waals surface area contributed by atoms with E-state index in [0.29, 0.717) is 11.5 Å². The quantitative estimate of drug-likeness (QED) is 0.241. The van der Waals surface area contributed by atoms with Crippen molar-refractivity contribution in [3.8, 4) is 33.8 Å². The number of benzene rings is 6. The standard InChI is InChI=1S/C38H28O2/c1-37(2)32-20-25(39)16-17-26(32)29-22-34-30(21-33(29)37)27-18-19-35(40)28-14-9-15-31(36(27)28)38(34,23-10-5-3-6-11-23)24-12-7-4-8-13-24/h3-22,39-40H,1-2H3. The highest BCUT2D eigenvalue weighted by Crippen LogP contribution is 2.59. The van der Waals surface area contributed by atoms with Crippen LogP contribution in [0.2, 0.25) is 0 Å². The second kappa shape index (κ2) is 7.86. The summed E-state index contributed by atoms with van der Waals surface area (Å²) >= 11 is 0. The average Bonchev–Trinajstić information content (AvgIpc) is 3.20. The van der Waals surface area contributed by atoms with Crippen molar-refractivity contribution in [2.75, 3.05) is 0 Å². The van der Waals surface area contributed by atoms with Crippen molar-refractivity contribution >= 4 is 10.8 Å². The zero-order chi connectivity index (χ0) is 27.2. The molecule has 192 valence electrons. The zero-order valence-electron chi connectivity index (χ0n) is 22.4. The Morgan fingerprint density at radius 2 is 1.07 bits per heavy atom. The fraction of sp³-hybridized carbons (Fsp3) is 0.105. The van der Waals surface area contributed by atoms with Gasteiger partial charge in [-0.25, -0.2) is 0 Å². The van der Waals surface area contributed by atoms with E-state index in [2.05, 4.69) is 111 Å². The first-order valence-corrected chi connectivity index (χ1v) is 13.8. The molecule has 6 aromatic rings. The van der Waals surface area contributed by atoms with Gasteiger partial charge in [-0.1, -0.05) is 105 Å². The number of phenolic OH excluding ortho intramolecular Hbond substituents is 2. The van der Waals surface area contributed by atoms with E-state index in [1.165, 1.54) is 44.5 Å². The van der Waals surface area contributed by atoms with Crippen molar-refractivity contribution in [1.82, 2.24) is 0 Å². The van der Waals surface area contributed by atoms with Gasteiger partial charge in [0.2, 0.25) is 0 Å². The molecule has 8 rings (SSSR count). The van der Waals surface area contributed by atoms with E-state index < -0.39 is 5.41 Å². The van der Waals surface area contributed by atoms with Crippen LogP contribution in [0.25, 0.3) is 33.0 Å². The summed E-state index contributed by atoms with van der Waals surface area (Å²) in [5.74, 6) is 0.586. The van der Waals surface area contributed by atoms with Crippen molar-refractivity contribution < 1.29 is 10.2 Å². The molecule has 0 spiro atoms. The van der Waals surface area contributed by atoms with Gasteiger partial charge in [0.15, 0.2) is 0 Å². The van der Waals surface area contributed by atoms with Crippen LogP contribution >= 0.6 is 0 Å². The smallest absolute Gasteiger partial charge is 0.123 e. The van der Waals surface area contributed by atoms with Gasteiger partial charge < -0.3 is 10.2 Å². The molecule has 2 aliphatic rings. The Morgan fingerprint density at radius 3 is 1.77 bits per heavy atom. The van der Waals surface area contributed by atoms with Crippen LogP contribution in [0.1, 0.15) is 47.2 Å². The molecule has 0 bridgehead atoms. The molecule has 0 atom stereocenters. The van der Waals surface area contributed by atoms with Crippen molar-refractivity contribution in [3.05, 3.63) is 155 Å². The largest absolute Gasteiger partial charge is 0.508 e. The van der Waals surface area contributed by atoms with E-state index in [-0.39, 0.29) is 5.41 Å². The van der Waals surface area contributed by atoms with E-state index in [1.54, 1.807) is 6.07 Å². The number of fused-ring (bicyclic) bond motifs is 5. The molecule has 0 saturated carbocycles. The maximum absolute atomic E-state index is 11.1. The molecule has 2 heteroatoms. The Labute approximate surface area is 233 Å². The van der Waals surface area contributed by atoms with E-state index in [4.69, 9.17) is 0 Å². The topological polar surface area (TPSA) is 40.5 Å². The number of aromatic hydroxyl groups is 2. The summed E-state index contributed by atoms with van der Waals surface area (Å²) in [7, 11) is 0.